The van der Waals surface area contributed by atoms with Gasteiger partial charge in [-0.2, -0.15) is 5.10 Å². The lowest BCUT2D eigenvalue weighted by Crippen LogP contribution is -2.51. The van der Waals surface area contributed by atoms with E-state index >= 15 is 0 Å². The lowest BCUT2D eigenvalue weighted by atomic mass is 9.84. The van der Waals surface area contributed by atoms with Gasteiger partial charge in [-0.1, -0.05) is 30.7 Å². The average Bonchev–Trinajstić information content (AvgIpc) is 3.51. The number of piperazine rings is 1. The van der Waals surface area contributed by atoms with Crippen LogP contribution in [0.3, 0.4) is 0 Å². The highest BCUT2D eigenvalue weighted by atomic mass is 16.2. The summed E-state index contributed by atoms with van der Waals surface area (Å²) in [5.41, 5.74) is 6.23. The molecule has 0 spiro atoms. The average molecular weight is 472 g/mol. The third-order valence-electron chi connectivity index (χ3n) is 8.54. The smallest absolute Gasteiger partial charge is 0.225 e. The Bertz CT molecular complexity index is 1190. The van der Waals surface area contributed by atoms with Crippen molar-refractivity contribution in [3.05, 3.63) is 54.4 Å². The van der Waals surface area contributed by atoms with Crippen LogP contribution in [0, 0.1) is 5.92 Å². The third kappa shape index (κ3) is 4.33. The van der Waals surface area contributed by atoms with Gasteiger partial charge in [-0.05, 0) is 68.8 Å². The maximum Gasteiger partial charge on any atom is 0.225 e. The molecule has 3 aliphatic rings. The second-order valence-corrected chi connectivity index (χ2v) is 10.9. The second kappa shape index (κ2) is 9.30. The van der Waals surface area contributed by atoms with E-state index in [1.165, 1.54) is 48.3 Å². The van der Waals surface area contributed by atoms with Crippen molar-refractivity contribution >= 4 is 17.1 Å². The number of likely N-dealkylation sites (tertiary alicyclic amines) is 1. The molecule has 0 radical (unpaired) electrons. The van der Waals surface area contributed by atoms with Crippen molar-refractivity contribution in [1.82, 2.24) is 19.4 Å². The van der Waals surface area contributed by atoms with E-state index in [9.17, 15) is 4.79 Å². The maximum absolute atomic E-state index is 12.6. The van der Waals surface area contributed by atoms with Crippen LogP contribution in [0.15, 0.2) is 48.8 Å². The maximum atomic E-state index is 12.6. The molecule has 6 nitrogen and oxygen atoms in total. The number of amides is 1. The Labute approximate surface area is 208 Å². The van der Waals surface area contributed by atoms with Crippen LogP contribution in [0.4, 0.5) is 5.69 Å². The van der Waals surface area contributed by atoms with E-state index in [-0.39, 0.29) is 5.92 Å². The van der Waals surface area contributed by atoms with Gasteiger partial charge in [0.1, 0.15) is 0 Å². The van der Waals surface area contributed by atoms with Gasteiger partial charge in [0.15, 0.2) is 0 Å². The third-order valence-corrected chi connectivity index (χ3v) is 8.54. The molecule has 1 atom stereocenters. The minimum atomic E-state index is 0.288. The molecule has 1 aromatic carbocycles. The first-order valence-corrected chi connectivity index (χ1v) is 13.4. The molecule has 4 heterocycles. The van der Waals surface area contributed by atoms with Crippen LogP contribution in [-0.2, 0) is 4.79 Å². The van der Waals surface area contributed by atoms with Gasteiger partial charge in [-0.3, -0.25) is 4.79 Å². The minimum absolute atomic E-state index is 0.288. The number of carbonyl (C=O) groups excluding carboxylic acids is 1. The van der Waals surface area contributed by atoms with Crippen molar-refractivity contribution in [3.63, 3.8) is 0 Å². The van der Waals surface area contributed by atoms with Crippen molar-refractivity contribution in [2.24, 2.45) is 5.92 Å². The first kappa shape index (κ1) is 22.6. The van der Waals surface area contributed by atoms with Crippen molar-refractivity contribution in [2.75, 3.05) is 44.2 Å². The highest BCUT2D eigenvalue weighted by Crippen LogP contribution is 2.33. The number of benzene rings is 1. The van der Waals surface area contributed by atoms with Crippen LogP contribution in [0.5, 0.6) is 0 Å². The number of carbonyl (C=O) groups is 1. The van der Waals surface area contributed by atoms with E-state index in [0.717, 1.165) is 44.5 Å². The zero-order valence-electron chi connectivity index (χ0n) is 21.1. The highest BCUT2D eigenvalue weighted by Gasteiger charge is 2.31. The van der Waals surface area contributed by atoms with E-state index in [0.29, 0.717) is 17.9 Å². The second-order valence-electron chi connectivity index (χ2n) is 10.9. The topological polar surface area (TPSA) is 44.1 Å². The van der Waals surface area contributed by atoms with Gasteiger partial charge in [-0.15, -0.1) is 0 Å². The van der Waals surface area contributed by atoms with E-state index in [4.69, 9.17) is 0 Å². The molecule has 6 heteroatoms. The van der Waals surface area contributed by atoms with Gasteiger partial charge in [0.05, 0.1) is 11.2 Å². The van der Waals surface area contributed by atoms with Gasteiger partial charge in [0, 0.05) is 62.6 Å². The summed E-state index contributed by atoms with van der Waals surface area (Å²) < 4.78 is 2.00. The summed E-state index contributed by atoms with van der Waals surface area (Å²) in [6.45, 7) is 10.3. The Morgan fingerprint density at radius 1 is 0.943 bits per heavy atom. The summed E-state index contributed by atoms with van der Waals surface area (Å²) in [5, 5.41) is 4.59. The fraction of sp³-hybridized carbons (Fsp3) is 0.517. The van der Waals surface area contributed by atoms with Crippen LogP contribution in [0.1, 0.15) is 51.0 Å². The number of nitrogens with zero attached hydrogens (tertiary/aromatic N) is 5. The molecule has 1 amide bonds. The Morgan fingerprint density at radius 2 is 1.71 bits per heavy atom. The van der Waals surface area contributed by atoms with Crippen molar-refractivity contribution in [3.8, 4) is 11.1 Å². The van der Waals surface area contributed by atoms with Gasteiger partial charge in [-0.25, -0.2) is 4.52 Å². The molecule has 1 aliphatic carbocycles. The molecule has 2 saturated heterocycles. The molecule has 3 aromatic rings. The quantitative estimate of drug-likeness (QED) is 0.544. The minimum Gasteiger partial charge on any atom is -0.366 e. The van der Waals surface area contributed by atoms with Crippen LogP contribution in [0.2, 0.25) is 0 Å². The summed E-state index contributed by atoms with van der Waals surface area (Å²) in [6, 6.07) is 14.2. The Balaban J connectivity index is 1.17. The predicted octanol–water partition coefficient (Wildman–Crippen LogP) is 4.65. The standard InChI is InChI=1S/C29H37N5O/c1-21(2)33-13-11-25(19-33)22-6-8-23(9-7-22)26-18-28-27(10-12-30-34(28)20-26)31-14-16-32(17-15-31)29(35)24-4-3-5-24/h6-10,12,18,20-21,24-25H,3-5,11,13-17,19H2,1-2H3/t25-/m0/s1. The lowest BCUT2D eigenvalue weighted by molar-refractivity contribution is -0.138. The van der Waals surface area contributed by atoms with E-state index < -0.39 is 0 Å². The molecular formula is C29H37N5O. The van der Waals surface area contributed by atoms with E-state index in [1.54, 1.807) is 0 Å². The molecule has 2 aliphatic heterocycles. The molecule has 6 rings (SSSR count). The predicted molar refractivity (Wildman–Crippen MR) is 141 cm³/mol. The summed E-state index contributed by atoms with van der Waals surface area (Å²) in [7, 11) is 0. The number of fused-ring (bicyclic) bond motifs is 1. The zero-order chi connectivity index (χ0) is 23.9. The molecule has 0 bridgehead atoms. The van der Waals surface area contributed by atoms with E-state index in [2.05, 4.69) is 76.2 Å². The fourth-order valence-corrected chi connectivity index (χ4v) is 5.98. The molecule has 35 heavy (non-hydrogen) atoms. The number of rotatable bonds is 5. The van der Waals surface area contributed by atoms with Crippen molar-refractivity contribution in [1.29, 1.82) is 0 Å². The van der Waals surface area contributed by atoms with Gasteiger partial charge in [0.25, 0.3) is 0 Å². The van der Waals surface area contributed by atoms with Crippen LogP contribution in [-0.4, -0.2) is 70.6 Å². The van der Waals surface area contributed by atoms with E-state index in [1.807, 2.05) is 10.7 Å². The normalized spacial score (nSPS) is 21.7. The number of aromatic nitrogens is 2. The molecular weight excluding hydrogens is 434 g/mol. The summed E-state index contributed by atoms with van der Waals surface area (Å²) in [4.78, 5) is 19.7. The molecule has 3 fully saturated rings. The molecule has 2 aromatic heterocycles. The SMILES string of the molecule is CC(C)N1CC[C@H](c2ccc(-c3cc4c(N5CCN(C(=O)C6CCC6)CC5)ccnn4c3)cc2)C1. The van der Waals surface area contributed by atoms with Crippen LogP contribution >= 0.6 is 0 Å². The molecule has 1 saturated carbocycles. The van der Waals surface area contributed by atoms with Gasteiger partial charge >= 0.3 is 0 Å². The lowest BCUT2D eigenvalue weighted by Gasteiger charge is -2.39. The van der Waals surface area contributed by atoms with Gasteiger partial charge < -0.3 is 14.7 Å². The van der Waals surface area contributed by atoms with Crippen molar-refractivity contribution in [2.45, 2.75) is 51.5 Å². The highest BCUT2D eigenvalue weighted by molar-refractivity contribution is 5.81. The zero-order valence-corrected chi connectivity index (χ0v) is 21.1. The Kier molecular flexibility index (Phi) is 6.01. The first-order chi connectivity index (χ1) is 17.1. The van der Waals surface area contributed by atoms with Gasteiger partial charge in [0.2, 0.25) is 5.91 Å². The van der Waals surface area contributed by atoms with Crippen LogP contribution < -0.4 is 4.90 Å². The Morgan fingerprint density at radius 3 is 2.37 bits per heavy atom. The first-order valence-electron chi connectivity index (χ1n) is 13.4. The number of anilines is 1. The summed E-state index contributed by atoms with van der Waals surface area (Å²) in [6.07, 6.45) is 8.65. The summed E-state index contributed by atoms with van der Waals surface area (Å²) >= 11 is 0. The number of hydrogen-bond acceptors (Lipinski definition) is 4. The van der Waals surface area contributed by atoms with Crippen LogP contribution in [0.25, 0.3) is 16.6 Å². The molecule has 0 N–H and O–H groups in total. The Hall–Kier alpha value is -2.86. The largest absolute Gasteiger partial charge is 0.366 e. The summed E-state index contributed by atoms with van der Waals surface area (Å²) in [5.74, 6) is 1.30. The fourth-order valence-electron chi connectivity index (χ4n) is 5.98. The van der Waals surface area contributed by atoms with Crippen molar-refractivity contribution < 1.29 is 4.79 Å². The monoisotopic (exact) mass is 471 g/mol. The number of hydrogen-bond donors (Lipinski definition) is 0. The molecule has 184 valence electrons. The molecule has 0 unspecified atom stereocenters.